The minimum absolute atomic E-state index is 0.0180. The molecule has 0 radical (unpaired) electrons. The first-order valence-corrected chi connectivity index (χ1v) is 9.87. The molecule has 24 heavy (non-hydrogen) atoms. The molecule has 2 amide bonds. The molecule has 0 bridgehead atoms. The Labute approximate surface area is 146 Å². The minimum Gasteiger partial charge on any atom is -0.354 e. The van der Waals surface area contributed by atoms with Crippen molar-refractivity contribution >= 4 is 11.8 Å². The summed E-state index contributed by atoms with van der Waals surface area (Å²) < 4.78 is 0. The van der Waals surface area contributed by atoms with E-state index in [0.717, 1.165) is 51.6 Å². The Bertz CT molecular complexity index is 413. The van der Waals surface area contributed by atoms with Crippen LogP contribution in [-0.2, 0) is 9.59 Å². The number of hydrogen-bond acceptors (Lipinski definition) is 3. The highest BCUT2D eigenvalue weighted by atomic mass is 16.2. The van der Waals surface area contributed by atoms with Gasteiger partial charge in [-0.05, 0) is 57.0 Å². The molecule has 5 heteroatoms. The molecular formula is C19H35N3O2. The molecule has 0 aromatic carbocycles. The molecule has 1 aliphatic carbocycles. The van der Waals surface area contributed by atoms with E-state index < -0.39 is 5.54 Å². The molecule has 5 nitrogen and oxygen atoms in total. The molecule has 1 heterocycles. The molecule has 0 aromatic heterocycles. The van der Waals surface area contributed by atoms with Crippen LogP contribution in [0.25, 0.3) is 0 Å². The van der Waals surface area contributed by atoms with Crippen LogP contribution >= 0.6 is 0 Å². The quantitative estimate of drug-likeness (QED) is 0.668. The van der Waals surface area contributed by atoms with Gasteiger partial charge >= 0.3 is 0 Å². The summed E-state index contributed by atoms with van der Waals surface area (Å²) in [5.74, 6) is 0.990. The Kier molecular flexibility index (Phi) is 7.53. The summed E-state index contributed by atoms with van der Waals surface area (Å²) in [4.78, 5) is 25.3. The summed E-state index contributed by atoms with van der Waals surface area (Å²) in [5, 5.41) is 9.56. The summed E-state index contributed by atoms with van der Waals surface area (Å²) in [7, 11) is 0. The molecule has 2 unspecified atom stereocenters. The van der Waals surface area contributed by atoms with Gasteiger partial charge in [-0.25, -0.2) is 0 Å². The predicted molar refractivity (Wildman–Crippen MR) is 96.6 cm³/mol. The lowest BCUT2D eigenvalue weighted by Crippen LogP contribution is -2.60. The third kappa shape index (κ3) is 5.20. The molecule has 3 N–H and O–H groups in total. The van der Waals surface area contributed by atoms with Gasteiger partial charge in [0.1, 0.15) is 5.54 Å². The van der Waals surface area contributed by atoms with Gasteiger partial charge in [0.15, 0.2) is 0 Å². The molecule has 0 spiro atoms. The first-order chi connectivity index (χ1) is 11.6. The van der Waals surface area contributed by atoms with Crippen molar-refractivity contribution in [2.24, 2.45) is 11.8 Å². The van der Waals surface area contributed by atoms with Crippen molar-refractivity contribution in [3.05, 3.63) is 0 Å². The van der Waals surface area contributed by atoms with Gasteiger partial charge in [-0.2, -0.15) is 0 Å². The SMILES string of the molecule is CCCNC(=O)C1(NC(=O)CC(C)C2CCCNC2)CCCCC1. The number of nitrogens with one attached hydrogen (secondary N) is 3. The van der Waals surface area contributed by atoms with Crippen molar-refractivity contribution in [3.63, 3.8) is 0 Å². The van der Waals surface area contributed by atoms with Crippen molar-refractivity contribution in [2.45, 2.75) is 77.2 Å². The first-order valence-electron chi connectivity index (χ1n) is 9.87. The van der Waals surface area contributed by atoms with Crippen molar-refractivity contribution in [2.75, 3.05) is 19.6 Å². The van der Waals surface area contributed by atoms with Crippen molar-refractivity contribution < 1.29 is 9.59 Å². The van der Waals surface area contributed by atoms with Crippen LogP contribution in [0, 0.1) is 11.8 Å². The molecule has 2 fully saturated rings. The highest BCUT2D eigenvalue weighted by Crippen LogP contribution is 2.29. The molecule has 0 aromatic rings. The van der Waals surface area contributed by atoms with Gasteiger partial charge < -0.3 is 16.0 Å². The van der Waals surface area contributed by atoms with Crippen LogP contribution in [0.3, 0.4) is 0 Å². The topological polar surface area (TPSA) is 70.2 Å². The van der Waals surface area contributed by atoms with Crippen molar-refractivity contribution in [3.8, 4) is 0 Å². The van der Waals surface area contributed by atoms with Crippen LogP contribution in [0.2, 0.25) is 0 Å². The highest BCUT2D eigenvalue weighted by Gasteiger charge is 2.40. The van der Waals surface area contributed by atoms with E-state index in [1.807, 2.05) is 6.92 Å². The van der Waals surface area contributed by atoms with Crippen LogP contribution in [0.1, 0.15) is 71.6 Å². The lowest BCUT2D eigenvalue weighted by molar-refractivity contribution is -0.135. The van der Waals surface area contributed by atoms with Gasteiger partial charge in [-0.15, -0.1) is 0 Å². The summed E-state index contributed by atoms with van der Waals surface area (Å²) in [6.07, 6.45) is 8.56. The first kappa shape index (κ1) is 19.2. The van der Waals surface area contributed by atoms with E-state index in [1.165, 1.54) is 12.8 Å². The molecule has 1 saturated carbocycles. The van der Waals surface area contributed by atoms with Gasteiger partial charge in [0.05, 0.1) is 0 Å². The van der Waals surface area contributed by atoms with E-state index in [4.69, 9.17) is 0 Å². The number of piperidine rings is 1. The maximum atomic E-state index is 12.7. The lowest BCUT2D eigenvalue weighted by Gasteiger charge is -2.37. The van der Waals surface area contributed by atoms with Crippen LogP contribution < -0.4 is 16.0 Å². The smallest absolute Gasteiger partial charge is 0.245 e. The van der Waals surface area contributed by atoms with E-state index >= 15 is 0 Å². The standard InChI is InChI=1S/C19H35N3O2/c1-3-11-21-18(24)19(9-5-4-6-10-19)22-17(23)13-15(2)16-8-7-12-20-14-16/h15-16,20H,3-14H2,1-2H3,(H,21,24)(H,22,23). The van der Waals surface area contributed by atoms with E-state index in [1.54, 1.807) is 0 Å². The van der Waals surface area contributed by atoms with Crippen molar-refractivity contribution in [1.82, 2.24) is 16.0 Å². The van der Waals surface area contributed by atoms with E-state index in [2.05, 4.69) is 22.9 Å². The normalized spacial score (nSPS) is 24.8. The number of hydrogen-bond donors (Lipinski definition) is 3. The van der Waals surface area contributed by atoms with E-state index in [9.17, 15) is 9.59 Å². The fourth-order valence-corrected chi connectivity index (χ4v) is 4.11. The maximum Gasteiger partial charge on any atom is 0.245 e. The number of rotatable bonds is 7. The number of carbonyl (C=O) groups excluding carboxylic acids is 2. The summed E-state index contributed by atoms with van der Waals surface area (Å²) in [6.45, 7) is 7.00. The van der Waals surface area contributed by atoms with Gasteiger partial charge in [-0.1, -0.05) is 33.1 Å². The maximum absolute atomic E-state index is 12.7. The van der Waals surface area contributed by atoms with Gasteiger partial charge in [0.25, 0.3) is 0 Å². The zero-order valence-corrected chi connectivity index (χ0v) is 15.5. The molecule has 1 saturated heterocycles. The Morgan fingerprint density at radius 3 is 2.58 bits per heavy atom. The second-order valence-corrected chi connectivity index (χ2v) is 7.73. The fourth-order valence-electron chi connectivity index (χ4n) is 4.11. The molecule has 2 aliphatic rings. The van der Waals surface area contributed by atoms with E-state index in [0.29, 0.717) is 24.8 Å². The predicted octanol–water partition coefficient (Wildman–Crippen LogP) is 2.36. The Morgan fingerprint density at radius 1 is 1.21 bits per heavy atom. The molecule has 138 valence electrons. The molecule has 2 atom stereocenters. The average Bonchev–Trinajstić information content (AvgIpc) is 2.61. The zero-order chi connectivity index (χ0) is 17.4. The third-order valence-corrected chi connectivity index (χ3v) is 5.70. The third-order valence-electron chi connectivity index (χ3n) is 5.70. The minimum atomic E-state index is -0.672. The number of amides is 2. The van der Waals surface area contributed by atoms with Crippen LogP contribution in [0.4, 0.5) is 0 Å². The second-order valence-electron chi connectivity index (χ2n) is 7.73. The summed E-state index contributed by atoms with van der Waals surface area (Å²) in [5.41, 5.74) is -0.672. The fraction of sp³-hybridized carbons (Fsp3) is 0.895. The van der Waals surface area contributed by atoms with Gasteiger partial charge in [0, 0.05) is 13.0 Å². The summed E-state index contributed by atoms with van der Waals surface area (Å²) in [6, 6.07) is 0. The van der Waals surface area contributed by atoms with Crippen LogP contribution in [0.5, 0.6) is 0 Å². The van der Waals surface area contributed by atoms with Gasteiger partial charge in [-0.3, -0.25) is 9.59 Å². The van der Waals surface area contributed by atoms with E-state index in [-0.39, 0.29) is 11.8 Å². The Balaban J connectivity index is 1.92. The zero-order valence-electron chi connectivity index (χ0n) is 15.5. The molecular weight excluding hydrogens is 302 g/mol. The Hall–Kier alpha value is -1.10. The Morgan fingerprint density at radius 2 is 1.96 bits per heavy atom. The van der Waals surface area contributed by atoms with Crippen molar-refractivity contribution in [1.29, 1.82) is 0 Å². The van der Waals surface area contributed by atoms with Crippen LogP contribution in [-0.4, -0.2) is 37.0 Å². The monoisotopic (exact) mass is 337 g/mol. The van der Waals surface area contributed by atoms with Gasteiger partial charge in [0.2, 0.25) is 11.8 Å². The average molecular weight is 338 g/mol. The highest BCUT2D eigenvalue weighted by molar-refractivity contribution is 5.91. The molecule has 2 rings (SSSR count). The van der Waals surface area contributed by atoms with Crippen LogP contribution in [0.15, 0.2) is 0 Å². The summed E-state index contributed by atoms with van der Waals surface area (Å²) >= 11 is 0. The lowest BCUT2D eigenvalue weighted by atomic mass is 9.80. The molecule has 1 aliphatic heterocycles. The largest absolute Gasteiger partial charge is 0.354 e. The number of carbonyl (C=O) groups is 2. The second kappa shape index (κ2) is 9.40.